The molecule has 8 nitrogen and oxygen atoms in total. The molecule has 0 saturated carbocycles. The topological polar surface area (TPSA) is 85.5 Å². The summed E-state index contributed by atoms with van der Waals surface area (Å²) in [6.07, 6.45) is -3.10. The van der Waals surface area contributed by atoms with Crippen molar-refractivity contribution in [1.82, 2.24) is 15.1 Å². The Hall–Kier alpha value is -3.34. The molecule has 1 aliphatic rings. The first kappa shape index (κ1) is 19.0. The minimum absolute atomic E-state index is 0.306. The number of nitrogens with zero attached hydrogens (tertiary/aromatic N) is 4. The molecule has 0 spiro atoms. The Labute approximate surface area is 163 Å². The van der Waals surface area contributed by atoms with Crippen LogP contribution in [-0.4, -0.2) is 47.8 Å². The Kier molecular flexibility index (Phi) is 5.21. The minimum Gasteiger partial charge on any atom is -0.406 e. The van der Waals surface area contributed by atoms with Crippen molar-refractivity contribution in [2.24, 2.45) is 0 Å². The third-order valence-corrected chi connectivity index (χ3v) is 4.08. The fraction of sp³-hybridized carbons (Fsp3) is 0.278. The van der Waals surface area contributed by atoms with Crippen LogP contribution < -0.4 is 15.0 Å². The molecular weight excluding hydrogens is 391 g/mol. The third-order valence-electron chi connectivity index (χ3n) is 4.08. The quantitative estimate of drug-likeness (QED) is 0.687. The summed E-state index contributed by atoms with van der Waals surface area (Å²) in [4.78, 5) is 10.7. The normalized spacial score (nSPS) is 14.7. The molecule has 0 radical (unpaired) electrons. The lowest BCUT2D eigenvalue weighted by Crippen LogP contribution is -2.37. The van der Waals surface area contributed by atoms with Gasteiger partial charge in [0.25, 0.3) is 0 Å². The molecule has 1 aliphatic heterocycles. The smallest absolute Gasteiger partial charge is 0.406 e. The van der Waals surface area contributed by atoms with Crippen molar-refractivity contribution in [2.45, 2.75) is 6.36 Å². The second kappa shape index (κ2) is 7.95. The second-order valence-electron chi connectivity index (χ2n) is 6.11. The number of benzene rings is 1. The summed E-state index contributed by atoms with van der Waals surface area (Å²) in [7, 11) is 0. The average molecular weight is 407 g/mol. The van der Waals surface area contributed by atoms with Gasteiger partial charge in [0.2, 0.25) is 11.8 Å². The summed E-state index contributed by atoms with van der Waals surface area (Å²) in [5.74, 6) is 1.14. The molecule has 0 aliphatic carbocycles. The molecule has 2 aromatic heterocycles. The molecule has 1 saturated heterocycles. The molecule has 29 heavy (non-hydrogen) atoms. The van der Waals surface area contributed by atoms with Crippen LogP contribution in [0.3, 0.4) is 0 Å². The van der Waals surface area contributed by atoms with Gasteiger partial charge in [-0.2, -0.15) is 4.98 Å². The summed E-state index contributed by atoms with van der Waals surface area (Å²) in [6.45, 7) is 2.67. The van der Waals surface area contributed by atoms with Crippen molar-refractivity contribution in [3.05, 3.63) is 42.6 Å². The molecule has 0 unspecified atom stereocenters. The molecule has 1 N–H and O–H groups in total. The van der Waals surface area contributed by atoms with Crippen molar-refractivity contribution in [2.75, 3.05) is 36.5 Å². The van der Waals surface area contributed by atoms with Crippen LogP contribution in [0.1, 0.15) is 0 Å². The standard InChI is InChI=1S/C18H16F3N5O3/c19-18(20,21)28-13-3-1-12(2-4-13)14-11-16(29-25-14)23-15-5-6-22-17(24-15)26-7-9-27-10-8-26/h1-6,11H,7-10H2,(H,22,23,24). The van der Waals surface area contributed by atoms with E-state index in [2.05, 4.69) is 25.2 Å². The van der Waals surface area contributed by atoms with E-state index in [1.807, 2.05) is 4.90 Å². The van der Waals surface area contributed by atoms with Gasteiger partial charge in [0.15, 0.2) is 0 Å². The van der Waals surface area contributed by atoms with Crippen molar-refractivity contribution in [1.29, 1.82) is 0 Å². The summed E-state index contributed by atoms with van der Waals surface area (Å²) < 4.78 is 51.2. The van der Waals surface area contributed by atoms with Crippen molar-refractivity contribution >= 4 is 17.7 Å². The van der Waals surface area contributed by atoms with E-state index < -0.39 is 6.36 Å². The number of hydrogen-bond donors (Lipinski definition) is 1. The largest absolute Gasteiger partial charge is 0.573 e. The number of hydrogen-bond acceptors (Lipinski definition) is 8. The number of anilines is 3. The number of nitrogens with one attached hydrogen (secondary N) is 1. The number of ether oxygens (including phenoxy) is 2. The van der Waals surface area contributed by atoms with Gasteiger partial charge in [-0.25, -0.2) is 4.98 Å². The van der Waals surface area contributed by atoms with Gasteiger partial charge >= 0.3 is 6.36 Å². The van der Waals surface area contributed by atoms with Crippen LogP contribution in [0, 0.1) is 0 Å². The summed E-state index contributed by atoms with van der Waals surface area (Å²) >= 11 is 0. The van der Waals surface area contributed by atoms with Crippen LogP contribution in [0.25, 0.3) is 11.3 Å². The highest BCUT2D eigenvalue weighted by Crippen LogP contribution is 2.28. The molecule has 3 aromatic rings. The number of rotatable bonds is 5. The molecule has 152 valence electrons. The molecule has 0 amide bonds. The van der Waals surface area contributed by atoms with Gasteiger partial charge in [-0.05, 0) is 30.3 Å². The van der Waals surface area contributed by atoms with E-state index in [0.29, 0.717) is 55.2 Å². The highest BCUT2D eigenvalue weighted by Gasteiger charge is 2.31. The van der Waals surface area contributed by atoms with Crippen LogP contribution >= 0.6 is 0 Å². The number of halogens is 3. The maximum Gasteiger partial charge on any atom is 0.573 e. The van der Waals surface area contributed by atoms with Crippen molar-refractivity contribution in [3.8, 4) is 17.0 Å². The van der Waals surface area contributed by atoms with E-state index in [-0.39, 0.29) is 5.75 Å². The number of morpholine rings is 1. The van der Waals surface area contributed by atoms with E-state index >= 15 is 0 Å². The zero-order valence-electron chi connectivity index (χ0n) is 15.0. The number of alkyl halides is 3. The predicted molar refractivity (Wildman–Crippen MR) is 97.0 cm³/mol. The van der Waals surface area contributed by atoms with Crippen molar-refractivity contribution < 1.29 is 27.2 Å². The Morgan fingerprint density at radius 1 is 1.07 bits per heavy atom. The molecule has 3 heterocycles. The Bertz CT molecular complexity index is 956. The average Bonchev–Trinajstić information content (AvgIpc) is 3.17. The molecule has 4 rings (SSSR count). The van der Waals surface area contributed by atoms with E-state index in [9.17, 15) is 13.2 Å². The van der Waals surface area contributed by atoms with Gasteiger partial charge in [-0.3, -0.25) is 0 Å². The lowest BCUT2D eigenvalue weighted by atomic mass is 10.1. The molecule has 0 bridgehead atoms. The van der Waals surface area contributed by atoms with Gasteiger partial charge in [0.05, 0.1) is 13.2 Å². The third kappa shape index (κ3) is 4.93. The Balaban J connectivity index is 1.44. The molecule has 11 heteroatoms. The molecular formula is C18H16F3N5O3. The summed E-state index contributed by atoms with van der Waals surface area (Å²) in [5.41, 5.74) is 1.03. The molecule has 0 atom stereocenters. The van der Waals surface area contributed by atoms with Crippen molar-refractivity contribution in [3.63, 3.8) is 0 Å². The fourth-order valence-electron chi connectivity index (χ4n) is 2.76. The SMILES string of the molecule is FC(F)(F)Oc1ccc(-c2cc(Nc3ccnc(N4CCOCC4)n3)on2)cc1. The van der Waals surface area contributed by atoms with Gasteiger partial charge in [-0.15, -0.1) is 13.2 Å². The summed E-state index contributed by atoms with van der Waals surface area (Å²) in [5, 5.41) is 6.93. The van der Waals surface area contributed by atoms with Gasteiger partial charge in [0, 0.05) is 30.9 Å². The Morgan fingerprint density at radius 2 is 1.83 bits per heavy atom. The highest BCUT2D eigenvalue weighted by molar-refractivity contribution is 5.64. The van der Waals surface area contributed by atoms with E-state index in [4.69, 9.17) is 9.26 Å². The lowest BCUT2D eigenvalue weighted by Gasteiger charge is -2.26. The Morgan fingerprint density at radius 3 is 2.55 bits per heavy atom. The first-order chi connectivity index (χ1) is 14.0. The zero-order valence-corrected chi connectivity index (χ0v) is 15.0. The van der Waals surface area contributed by atoms with Crippen LogP contribution in [0.5, 0.6) is 5.75 Å². The maximum atomic E-state index is 12.2. The fourth-order valence-corrected chi connectivity index (χ4v) is 2.76. The van der Waals surface area contributed by atoms with E-state index in [1.54, 1.807) is 18.3 Å². The second-order valence-corrected chi connectivity index (χ2v) is 6.11. The van der Waals surface area contributed by atoms with E-state index in [1.165, 1.54) is 24.3 Å². The predicted octanol–water partition coefficient (Wildman–Crippen LogP) is 3.61. The van der Waals surface area contributed by atoms with Gasteiger partial charge in [-0.1, -0.05) is 5.16 Å². The van der Waals surface area contributed by atoms with Crippen LogP contribution in [0.4, 0.5) is 30.8 Å². The zero-order chi connectivity index (χ0) is 20.3. The first-order valence-electron chi connectivity index (χ1n) is 8.72. The number of aromatic nitrogens is 3. The highest BCUT2D eigenvalue weighted by atomic mass is 19.4. The van der Waals surface area contributed by atoms with Crippen LogP contribution in [0.15, 0.2) is 47.1 Å². The van der Waals surface area contributed by atoms with Gasteiger partial charge < -0.3 is 24.2 Å². The van der Waals surface area contributed by atoms with Gasteiger partial charge in [0.1, 0.15) is 17.3 Å². The van der Waals surface area contributed by atoms with Crippen LogP contribution in [-0.2, 0) is 4.74 Å². The molecule has 1 aromatic carbocycles. The minimum atomic E-state index is -4.73. The molecule has 1 fully saturated rings. The first-order valence-corrected chi connectivity index (χ1v) is 8.72. The van der Waals surface area contributed by atoms with E-state index in [0.717, 1.165) is 0 Å². The summed E-state index contributed by atoms with van der Waals surface area (Å²) in [6, 6.07) is 8.66. The lowest BCUT2D eigenvalue weighted by molar-refractivity contribution is -0.274. The maximum absolute atomic E-state index is 12.2. The van der Waals surface area contributed by atoms with Crippen LogP contribution in [0.2, 0.25) is 0 Å². The monoisotopic (exact) mass is 407 g/mol.